The van der Waals surface area contributed by atoms with Gasteiger partial charge in [0.25, 0.3) is 0 Å². The molecule has 2 heterocycles. The molecule has 2 aromatic heterocycles. The predicted octanol–water partition coefficient (Wildman–Crippen LogP) is 4.10. The van der Waals surface area contributed by atoms with Gasteiger partial charge in [0, 0.05) is 24.5 Å². The van der Waals surface area contributed by atoms with Crippen molar-refractivity contribution in [3.63, 3.8) is 0 Å². The molecule has 0 saturated carbocycles. The average molecular weight is 368 g/mol. The van der Waals surface area contributed by atoms with Gasteiger partial charge in [0.15, 0.2) is 0 Å². The van der Waals surface area contributed by atoms with E-state index < -0.39 is 11.7 Å². The summed E-state index contributed by atoms with van der Waals surface area (Å²) in [5, 5.41) is 6.94. The van der Waals surface area contributed by atoms with E-state index in [1.54, 1.807) is 50.2 Å². The largest absolute Gasteiger partial charge is 0.444 e. The van der Waals surface area contributed by atoms with E-state index in [0.717, 1.165) is 11.3 Å². The van der Waals surface area contributed by atoms with E-state index >= 15 is 0 Å². The lowest BCUT2D eigenvalue weighted by atomic mass is 10.1. The van der Waals surface area contributed by atoms with Crippen LogP contribution in [-0.4, -0.2) is 26.5 Å². The highest BCUT2D eigenvalue weighted by atomic mass is 19.1. The second-order valence-electron chi connectivity index (χ2n) is 7.09. The average Bonchev–Trinajstić information content (AvgIpc) is 3.09. The summed E-state index contributed by atoms with van der Waals surface area (Å²) in [6.07, 6.45) is 6.30. The van der Waals surface area contributed by atoms with E-state index in [4.69, 9.17) is 4.74 Å². The lowest BCUT2D eigenvalue weighted by molar-refractivity contribution is 0.0523. The van der Waals surface area contributed by atoms with Crippen LogP contribution in [-0.2, 0) is 11.3 Å². The molecule has 0 bridgehead atoms. The van der Waals surface area contributed by atoms with Gasteiger partial charge >= 0.3 is 6.09 Å². The molecule has 1 aromatic carbocycles. The monoisotopic (exact) mass is 368 g/mol. The van der Waals surface area contributed by atoms with Crippen molar-refractivity contribution in [1.29, 1.82) is 0 Å². The van der Waals surface area contributed by atoms with Crippen LogP contribution in [0.15, 0.2) is 55.1 Å². The third-order valence-corrected chi connectivity index (χ3v) is 3.62. The minimum atomic E-state index is -0.585. The molecule has 140 valence electrons. The van der Waals surface area contributed by atoms with Gasteiger partial charge in [-0.2, -0.15) is 5.10 Å². The molecule has 6 nitrogen and oxygen atoms in total. The summed E-state index contributed by atoms with van der Waals surface area (Å²) < 4.78 is 20.9. The van der Waals surface area contributed by atoms with Gasteiger partial charge in [-0.3, -0.25) is 4.98 Å². The maximum Gasteiger partial charge on any atom is 0.407 e. The molecule has 0 aliphatic rings. The van der Waals surface area contributed by atoms with E-state index in [1.807, 2.05) is 18.2 Å². The second kappa shape index (κ2) is 7.57. The Balaban J connectivity index is 1.76. The fourth-order valence-electron chi connectivity index (χ4n) is 2.51. The number of alkyl carbamates (subject to hydrolysis) is 1. The Bertz CT molecular complexity index is 933. The Labute approximate surface area is 157 Å². The number of carbonyl (C=O) groups is 1. The van der Waals surface area contributed by atoms with Crippen molar-refractivity contribution in [2.75, 3.05) is 0 Å². The predicted molar refractivity (Wildman–Crippen MR) is 99.8 cm³/mol. The molecule has 7 heteroatoms. The number of carbonyl (C=O) groups excluding carboxylic acids is 1. The number of nitrogens with zero attached hydrogens (tertiary/aromatic N) is 3. The lowest BCUT2D eigenvalue weighted by Gasteiger charge is -2.19. The standard InChI is InChI=1S/C20H21FN4O2/c1-20(2,3)27-19(26)23-10-14-7-15(9-17(21)8-14)16-11-24-25(13-16)18-5-4-6-22-12-18/h4-9,11-13H,10H2,1-3H3,(H,23,26). The van der Waals surface area contributed by atoms with E-state index in [9.17, 15) is 9.18 Å². The number of aromatic nitrogens is 3. The smallest absolute Gasteiger partial charge is 0.407 e. The Morgan fingerprint density at radius 3 is 2.74 bits per heavy atom. The van der Waals surface area contributed by atoms with Crippen LogP contribution in [0.5, 0.6) is 0 Å². The zero-order valence-corrected chi connectivity index (χ0v) is 15.4. The summed E-state index contributed by atoms with van der Waals surface area (Å²) in [6.45, 7) is 5.52. The number of rotatable bonds is 4. The fraction of sp³-hybridized carbons (Fsp3) is 0.250. The number of amides is 1. The number of benzene rings is 1. The van der Waals surface area contributed by atoms with Crippen LogP contribution >= 0.6 is 0 Å². The first-order valence-electron chi connectivity index (χ1n) is 8.52. The van der Waals surface area contributed by atoms with Crippen LogP contribution < -0.4 is 5.32 Å². The second-order valence-corrected chi connectivity index (χ2v) is 7.09. The molecule has 0 aliphatic heterocycles. The topological polar surface area (TPSA) is 69.0 Å². The minimum Gasteiger partial charge on any atom is -0.444 e. The number of ether oxygens (including phenoxy) is 1. The molecule has 0 unspecified atom stereocenters. The van der Waals surface area contributed by atoms with Crippen molar-refractivity contribution in [3.8, 4) is 16.8 Å². The first-order valence-corrected chi connectivity index (χ1v) is 8.52. The Morgan fingerprint density at radius 2 is 2.04 bits per heavy atom. The van der Waals surface area contributed by atoms with Gasteiger partial charge in [0.1, 0.15) is 11.4 Å². The number of hydrogen-bond donors (Lipinski definition) is 1. The van der Waals surface area contributed by atoms with Crippen LogP contribution in [0.1, 0.15) is 26.3 Å². The van der Waals surface area contributed by atoms with Crippen molar-refractivity contribution >= 4 is 6.09 Å². The van der Waals surface area contributed by atoms with Crippen LogP contribution in [0, 0.1) is 5.82 Å². The van der Waals surface area contributed by atoms with Crippen LogP contribution in [0.4, 0.5) is 9.18 Å². The molecule has 0 spiro atoms. The SMILES string of the molecule is CC(C)(C)OC(=O)NCc1cc(F)cc(-c2cnn(-c3cccnc3)c2)c1. The molecule has 1 amide bonds. The maximum absolute atomic E-state index is 14.1. The number of hydrogen-bond acceptors (Lipinski definition) is 4. The van der Waals surface area contributed by atoms with Crippen molar-refractivity contribution in [2.24, 2.45) is 0 Å². The van der Waals surface area contributed by atoms with E-state index in [0.29, 0.717) is 11.1 Å². The molecule has 0 aliphatic carbocycles. The lowest BCUT2D eigenvalue weighted by Crippen LogP contribution is -2.32. The summed E-state index contributed by atoms with van der Waals surface area (Å²) in [4.78, 5) is 15.9. The van der Waals surface area contributed by atoms with E-state index in [-0.39, 0.29) is 12.4 Å². The molecule has 0 atom stereocenters. The Kier molecular flexibility index (Phi) is 5.21. The number of pyridine rings is 1. The van der Waals surface area contributed by atoms with Gasteiger partial charge in [-0.25, -0.2) is 13.9 Å². The quantitative estimate of drug-likeness (QED) is 0.753. The maximum atomic E-state index is 14.1. The zero-order chi connectivity index (χ0) is 19.4. The van der Waals surface area contributed by atoms with E-state index in [1.165, 1.54) is 12.1 Å². The summed E-state index contributed by atoms with van der Waals surface area (Å²) in [5.41, 5.74) is 2.29. The van der Waals surface area contributed by atoms with Crippen molar-refractivity contribution in [3.05, 3.63) is 66.5 Å². The molecule has 1 N–H and O–H groups in total. The highest BCUT2D eigenvalue weighted by molar-refractivity contribution is 5.68. The van der Waals surface area contributed by atoms with Gasteiger partial charge in [-0.1, -0.05) is 0 Å². The first-order chi connectivity index (χ1) is 12.8. The van der Waals surface area contributed by atoms with Gasteiger partial charge in [-0.05, 0) is 62.2 Å². The molecule has 0 saturated heterocycles. The van der Waals surface area contributed by atoms with Crippen LogP contribution in [0.25, 0.3) is 16.8 Å². The molecule has 0 radical (unpaired) electrons. The highest BCUT2D eigenvalue weighted by Crippen LogP contribution is 2.23. The van der Waals surface area contributed by atoms with E-state index in [2.05, 4.69) is 15.4 Å². The van der Waals surface area contributed by atoms with Gasteiger partial charge in [0.2, 0.25) is 0 Å². The summed E-state index contributed by atoms with van der Waals surface area (Å²) in [7, 11) is 0. The zero-order valence-electron chi connectivity index (χ0n) is 15.4. The molecule has 3 rings (SSSR count). The first kappa shape index (κ1) is 18.6. The summed E-state index contributed by atoms with van der Waals surface area (Å²) in [5.74, 6) is -0.386. The number of halogens is 1. The molecular weight excluding hydrogens is 347 g/mol. The van der Waals surface area contributed by atoms with Gasteiger partial charge < -0.3 is 10.1 Å². The van der Waals surface area contributed by atoms with Crippen molar-refractivity contribution in [2.45, 2.75) is 32.9 Å². The fourth-order valence-corrected chi connectivity index (χ4v) is 2.51. The Morgan fingerprint density at radius 1 is 1.22 bits per heavy atom. The van der Waals surface area contributed by atoms with Crippen LogP contribution in [0.3, 0.4) is 0 Å². The third kappa shape index (κ3) is 5.13. The normalized spacial score (nSPS) is 11.3. The van der Waals surface area contributed by atoms with Crippen molar-refractivity contribution in [1.82, 2.24) is 20.1 Å². The Hall–Kier alpha value is -3.22. The summed E-state index contributed by atoms with van der Waals surface area (Å²) >= 11 is 0. The van der Waals surface area contributed by atoms with Gasteiger partial charge in [-0.15, -0.1) is 0 Å². The molecule has 3 aromatic rings. The van der Waals surface area contributed by atoms with Crippen molar-refractivity contribution < 1.29 is 13.9 Å². The highest BCUT2D eigenvalue weighted by Gasteiger charge is 2.16. The minimum absolute atomic E-state index is 0.163. The summed E-state index contributed by atoms with van der Waals surface area (Å²) in [6, 6.07) is 8.32. The third-order valence-electron chi connectivity index (χ3n) is 3.62. The molecule has 27 heavy (non-hydrogen) atoms. The van der Waals surface area contributed by atoms with Crippen LogP contribution in [0.2, 0.25) is 0 Å². The molecule has 0 fully saturated rings. The van der Waals surface area contributed by atoms with Gasteiger partial charge in [0.05, 0.1) is 18.1 Å². The number of nitrogens with one attached hydrogen (secondary N) is 1. The molecular formula is C20H21FN4O2.